The average molecular weight is 382 g/mol. The zero-order valence-corrected chi connectivity index (χ0v) is 15.4. The van der Waals surface area contributed by atoms with Gasteiger partial charge in [-0.15, -0.1) is 0 Å². The molecule has 0 aliphatic carbocycles. The molecule has 0 unspecified atom stereocenters. The zero-order chi connectivity index (χ0) is 20.1. The van der Waals surface area contributed by atoms with Gasteiger partial charge in [0.15, 0.2) is 18.1 Å². The van der Waals surface area contributed by atoms with Gasteiger partial charge in [-0.1, -0.05) is 0 Å². The highest BCUT2D eigenvalue weighted by atomic mass is 16.6. The van der Waals surface area contributed by atoms with Crippen molar-refractivity contribution < 1.29 is 19.2 Å². The minimum absolute atomic E-state index is 0.0482. The van der Waals surface area contributed by atoms with Crippen molar-refractivity contribution in [2.24, 2.45) is 5.10 Å². The van der Waals surface area contributed by atoms with Crippen molar-refractivity contribution in [3.63, 3.8) is 0 Å². The average Bonchev–Trinajstić information content (AvgIpc) is 2.71. The fraction of sp³-hybridized carbons (Fsp3) is 0.211. The number of nitro groups is 1. The topological polar surface area (TPSA) is 107 Å². The number of carbonyl (C=O) groups excluding carboxylic acids is 1. The predicted octanol–water partition coefficient (Wildman–Crippen LogP) is 2.60. The van der Waals surface area contributed by atoms with E-state index in [4.69, 9.17) is 9.47 Å². The number of amides is 1. The summed E-state index contributed by atoms with van der Waals surface area (Å²) in [6.07, 6.45) is 5.97. The third kappa shape index (κ3) is 4.14. The number of rotatable bonds is 6. The molecule has 3 rings (SSSR count). The Bertz CT molecular complexity index is 956. The van der Waals surface area contributed by atoms with Crippen LogP contribution in [0.2, 0.25) is 0 Å². The van der Waals surface area contributed by atoms with E-state index in [-0.39, 0.29) is 18.2 Å². The van der Waals surface area contributed by atoms with Gasteiger partial charge in [-0.05, 0) is 36.8 Å². The molecular weight excluding hydrogens is 364 g/mol. The number of hydrogen-bond acceptors (Lipinski definition) is 7. The highest BCUT2D eigenvalue weighted by Crippen LogP contribution is 2.37. The van der Waals surface area contributed by atoms with Crippen LogP contribution in [0.25, 0.3) is 6.08 Å². The smallest absolute Gasteiger partial charge is 0.284 e. The highest BCUT2D eigenvalue weighted by molar-refractivity contribution is 5.94. The number of pyridine rings is 1. The molecule has 144 valence electrons. The minimum atomic E-state index is -0.482. The fourth-order valence-corrected chi connectivity index (χ4v) is 2.60. The van der Waals surface area contributed by atoms with Crippen LogP contribution in [-0.4, -0.2) is 47.3 Å². The number of hydrazone groups is 1. The molecule has 0 atom stereocenters. The molecule has 9 nitrogen and oxygen atoms in total. The van der Waals surface area contributed by atoms with Crippen LogP contribution in [-0.2, 0) is 0 Å². The monoisotopic (exact) mass is 382 g/mol. The maximum atomic E-state index is 12.3. The summed E-state index contributed by atoms with van der Waals surface area (Å²) in [4.78, 5) is 26.8. The van der Waals surface area contributed by atoms with Gasteiger partial charge < -0.3 is 9.47 Å². The maximum absolute atomic E-state index is 12.3. The van der Waals surface area contributed by atoms with E-state index >= 15 is 0 Å². The van der Waals surface area contributed by atoms with Gasteiger partial charge in [0.1, 0.15) is 0 Å². The van der Waals surface area contributed by atoms with Gasteiger partial charge in [0.25, 0.3) is 11.6 Å². The second-order valence-corrected chi connectivity index (χ2v) is 5.87. The van der Waals surface area contributed by atoms with Crippen molar-refractivity contribution in [2.45, 2.75) is 6.92 Å². The van der Waals surface area contributed by atoms with E-state index in [0.29, 0.717) is 34.8 Å². The Morgan fingerprint density at radius 3 is 3.00 bits per heavy atom. The van der Waals surface area contributed by atoms with E-state index in [2.05, 4.69) is 10.1 Å². The Balaban J connectivity index is 1.89. The number of aromatic nitrogens is 1. The SMILES string of the molecule is CCOc1cc(/C=N/N(C)C(=O)c2cccnc2)cc2c1OCC([N+](=O)[O-])=C2. The molecule has 0 radical (unpaired) electrons. The molecule has 2 aromatic rings. The molecule has 0 fully saturated rings. The third-order valence-corrected chi connectivity index (χ3v) is 3.91. The van der Waals surface area contributed by atoms with Gasteiger partial charge in [0, 0.05) is 31.1 Å². The first-order chi connectivity index (χ1) is 13.5. The molecule has 1 amide bonds. The Morgan fingerprint density at radius 2 is 2.32 bits per heavy atom. The normalized spacial score (nSPS) is 12.7. The fourth-order valence-electron chi connectivity index (χ4n) is 2.60. The Morgan fingerprint density at radius 1 is 1.50 bits per heavy atom. The summed E-state index contributed by atoms with van der Waals surface area (Å²) in [7, 11) is 1.53. The van der Waals surface area contributed by atoms with Crippen molar-refractivity contribution in [3.05, 3.63) is 69.2 Å². The molecule has 1 aromatic heterocycles. The van der Waals surface area contributed by atoms with Crippen molar-refractivity contribution in [3.8, 4) is 11.5 Å². The number of fused-ring (bicyclic) bond motifs is 1. The summed E-state index contributed by atoms with van der Waals surface area (Å²) >= 11 is 0. The van der Waals surface area contributed by atoms with E-state index in [1.807, 2.05) is 6.92 Å². The second kappa shape index (κ2) is 8.30. The number of ether oxygens (including phenoxy) is 2. The molecular formula is C19H18N4O5. The Labute approximate surface area is 161 Å². The van der Waals surface area contributed by atoms with Gasteiger partial charge in [0.05, 0.1) is 23.3 Å². The number of hydrogen-bond donors (Lipinski definition) is 0. The first-order valence-electron chi connectivity index (χ1n) is 8.50. The molecule has 0 saturated heterocycles. The van der Waals surface area contributed by atoms with Crippen LogP contribution in [0.15, 0.2) is 47.5 Å². The Hall–Kier alpha value is -3.75. The number of benzene rings is 1. The molecule has 0 bridgehead atoms. The standard InChI is InChI=1S/C19H18N4O5/c1-3-27-17-8-13(7-15-9-16(23(25)26)12-28-18(15)17)10-21-22(2)19(24)14-5-4-6-20-11-14/h4-11H,3,12H2,1-2H3/b21-10+. The van der Waals surface area contributed by atoms with Crippen molar-refractivity contribution >= 4 is 18.2 Å². The summed E-state index contributed by atoms with van der Waals surface area (Å²) in [6.45, 7) is 2.10. The van der Waals surface area contributed by atoms with Gasteiger partial charge in [-0.25, -0.2) is 5.01 Å². The lowest BCUT2D eigenvalue weighted by Gasteiger charge is -2.18. The van der Waals surface area contributed by atoms with E-state index in [9.17, 15) is 14.9 Å². The quantitative estimate of drug-likeness (QED) is 0.432. The van der Waals surface area contributed by atoms with Crippen LogP contribution in [0.4, 0.5) is 0 Å². The molecule has 0 saturated carbocycles. The van der Waals surface area contributed by atoms with E-state index < -0.39 is 4.92 Å². The van der Waals surface area contributed by atoms with Gasteiger partial charge >= 0.3 is 0 Å². The van der Waals surface area contributed by atoms with Crippen molar-refractivity contribution in [2.75, 3.05) is 20.3 Å². The summed E-state index contributed by atoms with van der Waals surface area (Å²) in [5.41, 5.74) is 1.49. The van der Waals surface area contributed by atoms with E-state index in [1.165, 1.54) is 30.5 Å². The summed E-state index contributed by atoms with van der Waals surface area (Å²) in [5.74, 6) is 0.594. The highest BCUT2D eigenvalue weighted by Gasteiger charge is 2.23. The van der Waals surface area contributed by atoms with Crippen molar-refractivity contribution in [1.82, 2.24) is 9.99 Å². The van der Waals surface area contributed by atoms with Crippen LogP contribution in [0, 0.1) is 10.1 Å². The lowest BCUT2D eigenvalue weighted by molar-refractivity contribution is -0.427. The van der Waals surface area contributed by atoms with Crippen molar-refractivity contribution in [1.29, 1.82) is 0 Å². The number of carbonyl (C=O) groups is 1. The molecule has 2 heterocycles. The zero-order valence-electron chi connectivity index (χ0n) is 15.4. The summed E-state index contributed by atoms with van der Waals surface area (Å²) in [6, 6.07) is 6.71. The maximum Gasteiger partial charge on any atom is 0.284 e. The van der Waals surface area contributed by atoms with E-state index in [1.54, 1.807) is 30.5 Å². The molecule has 1 aromatic carbocycles. The summed E-state index contributed by atoms with van der Waals surface area (Å²) < 4.78 is 11.1. The van der Waals surface area contributed by atoms with E-state index in [0.717, 1.165) is 0 Å². The Kier molecular flexibility index (Phi) is 5.64. The third-order valence-electron chi connectivity index (χ3n) is 3.91. The van der Waals surface area contributed by atoms with Gasteiger partial charge in [-0.3, -0.25) is 19.9 Å². The second-order valence-electron chi connectivity index (χ2n) is 5.87. The summed E-state index contributed by atoms with van der Waals surface area (Å²) in [5, 5.41) is 16.4. The van der Waals surface area contributed by atoms with Crippen LogP contribution in [0.5, 0.6) is 11.5 Å². The van der Waals surface area contributed by atoms with Gasteiger partial charge in [0.2, 0.25) is 0 Å². The first kappa shape index (κ1) is 19.0. The van der Waals surface area contributed by atoms with Crippen LogP contribution >= 0.6 is 0 Å². The van der Waals surface area contributed by atoms with Gasteiger partial charge in [-0.2, -0.15) is 5.10 Å². The minimum Gasteiger partial charge on any atom is -0.490 e. The molecule has 1 aliphatic rings. The largest absolute Gasteiger partial charge is 0.490 e. The van der Waals surface area contributed by atoms with Crippen LogP contribution in [0.3, 0.4) is 0 Å². The lowest BCUT2D eigenvalue weighted by atomic mass is 10.1. The molecule has 28 heavy (non-hydrogen) atoms. The molecule has 1 aliphatic heterocycles. The van der Waals surface area contributed by atoms with Crippen LogP contribution < -0.4 is 9.47 Å². The predicted molar refractivity (Wildman–Crippen MR) is 102 cm³/mol. The molecule has 0 spiro atoms. The van der Waals surface area contributed by atoms with Crippen LogP contribution in [0.1, 0.15) is 28.4 Å². The first-order valence-corrected chi connectivity index (χ1v) is 8.50. The molecule has 0 N–H and O–H groups in total. The lowest BCUT2D eigenvalue weighted by Crippen LogP contribution is -2.21. The molecule has 9 heteroatoms. The number of nitrogens with zero attached hydrogens (tertiary/aromatic N) is 4.